The molecule has 17 heavy (non-hydrogen) atoms. The molecular formula is C11H23N3O3. The number of aliphatic hydroxyl groups excluding tert-OH is 1. The van der Waals surface area contributed by atoms with Crippen LogP contribution in [-0.2, 0) is 9.59 Å². The molecule has 5 N–H and O–H groups in total. The SMILES string of the molecule is CC(C)CC(CO)NC(=O)C(C)NC(=O)CN. The summed E-state index contributed by atoms with van der Waals surface area (Å²) in [4.78, 5) is 22.7. The molecule has 0 aliphatic carbocycles. The lowest BCUT2D eigenvalue weighted by molar-refractivity contribution is -0.128. The van der Waals surface area contributed by atoms with Gasteiger partial charge in [-0.2, -0.15) is 0 Å². The summed E-state index contributed by atoms with van der Waals surface area (Å²) >= 11 is 0. The van der Waals surface area contributed by atoms with Gasteiger partial charge in [0.25, 0.3) is 0 Å². The molecule has 0 saturated carbocycles. The number of hydrogen-bond donors (Lipinski definition) is 4. The van der Waals surface area contributed by atoms with Crippen molar-refractivity contribution in [1.82, 2.24) is 10.6 Å². The van der Waals surface area contributed by atoms with Gasteiger partial charge in [-0.1, -0.05) is 13.8 Å². The second-order valence-corrected chi connectivity index (χ2v) is 4.51. The number of hydrogen-bond acceptors (Lipinski definition) is 4. The fourth-order valence-corrected chi connectivity index (χ4v) is 1.44. The maximum atomic E-state index is 11.7. The molecule has 0 aliphatic heterocycles. The number of amides is 2. The monoisotopic (exact) mass is 245 g/mol. The Balaban J connectivity index is 4.16. The smallest absolute Gasteiger partial charge is 0.242 e. The minimum atomic E-state index is -0.646. The molecule has 0 aromatic carbocycles. The molecule has 0 spiro atoms. The van der Waals surface area contributed by atoms with Gasteiger partial charge in [0, 0.05) is 0 Å². The van der Waals surface area contributed by atoms with Crippen molar-refractivity contribution < 1.29 is 14.7 Å². The van der Waals surface area contributed by atoms with E-state index in [-0.39, 0.29) is 31.0 Å². The predicted molar refractivity (Wildman–Crippen MR) is 65.1 cm³/mol. The summed E-state index contributed by atoms with van der Waals surface area (Å²) in [7, 11) is 0. The maximum absolute atomic E-state index is 11.7. The van der Waals surface area contributed by atoms with Gasteiger partial charge in [-0.3, -0.25) is 9.59 Å². The van der Waals surface area contributed by atoms with E-state index < -0.39 is 6.04 Å². The van der Waals surface area contributed by atoms with Crippen molar-refractivity contribution in [1.29, 1.82) is 0 Å². The van der Waals surface area contributed by atoms with E-state index in [0.29, 0.717) is 12.3 Å². The summed E-state index contributed by atoms with van der Waals surface area (Å²) in [6, 6.07) is -0.924. The number of nitrogens with one attached hydrogen (secondary N) is 2. The molecule has 0 fully saturated rings. The summed E-state index contributed by atoms with van der Waals surface area (Å²) in [5.74, 6) is -0.315. The molecule has 2 unspecified atom stereocenters. The number of rotatable bonds is 7. The van der Waals surface area contributed by atoms with Crippen molar-refractivity contribution in [2.75, 3.05) is 13.2 Å². The van der Waals surface area contributed by atoms with Gasteiger partial charge in [-0.05, 0) is 19.3 Å². The summed E-state index contributed by atoms with van der Waals surface area (Å²) in [5.41, 5.74) is 5.13. The molecule has 0 aromatic heterocycles. The van der Waals surface area contributed by atoms with Gasteiger partial charge < -0.3 is 21.5 Å². The molecule has 100 valence electrons. The standard InChI is InChI=1S/C11H23N3O3/c1-7(2)4-9(6-15)14-11(17)8(3)13-10(16)5-12/h7-9,15H,4-6,12H2,1-3H3,(H,13,16)(H,14,17). The lowest BCUT2D eigenvalue weighted by Crippen LogP contribution is -2.50. The Kier molecular flexibility index (Phi) is 7.49. The summed E-state index contributed by atoms with van der Waals surface area (Å²) in [5, 5.41) is 14.2. The van der Waals surface area contributed by atoms with Crippen LogP contribution in [0.15, 0.2) is 0 Å². The molecule has 2 atom stereocenters. The van der Waals surface area contributed by atoms with Crippen LogP contribution in [0.5, 0.6) is 0 Å². The number of carbonyl (C=O) groups excluding carboxylic acids is 2. The third-order valence-corrected chi connectivity index (χ3v) is 2.28. The van der Waals surface area contributed by atoms with E-state index in [1.54, 1.807) is 6.92 Å². The highest BCUT2D eigenvalue weighted by atomic mass is 16.3. The number of nitrogens with two attached hydrogens (primary N) is 1. The molecular weight excluding hydrogens is 222 g/mol. The second kappa shape index (κ2) is 8.03. The van der Waals surface area contributed by atoms with Gasteiger partial charge in [0.15, 0.2) is 0 Å². The average molecular weight is 245 g/mol. The molecule has 0 heterocycles. The molecule has 0 aromatic rings. The second-order valence-electron chi connectivity index (χ2n) is 4.51. The molecule has 2 amide bonds. The Bertz CT molecular complexity index is 256. The average Bonchev–Trinajstić information content (AvgIpc) is 2.26. The van der Waals surface area contributed by atoms with E-state index in [9.17, 15) is 9.59 Å². The van der Waals surface area contributed by atoms with Crippen molar-refractivity contribution in [3.8, 4) is 0 Å². The van der Waals surface area contributed by atoms with Gasteiger partial charge in [-0.25, -0.2) is 0 Å². The highest BCUT2D eigenvalue weighted by Crippen LogP contribution is 2.04. The zero-order chi connectivity index (χ0) is 13.4. The molecule has 0 rings (SSSR count). The normalized spacial score (nSPS) is 14.2. The zero-order valence-electron chi connectivity index (χ0n) is 10.7. The molecule has 0 aliphatic rings. The van der Waals surface area contributed by atoms with E-state index in [2.05, 4.69) is 10.6 Å². The van der Waals surface area contributed by atoms with Crippen LogP contribution < -0.4 is 16.4 Å². The summed E-state index contributed by atoms with van der Waals surface area (Å²) < 4.78 is 0. The van der Waals surface area contributed by atoms with Crippen molar-refractivity contribution in [3.63, 3.8) is 0 Å². The van der Waals surface area contributed by atoms with E-state index in [4.69, 9.17) is 10.8 Å². The third-order valence-electron chi connectivity index (χ3n) is 2.28. The van der Waals surface area contributed by atoms with E-state index in [1.807, 2.05) is 13.8 Å². The first kappa shape index (κ1) is 15.9. The minimum absolute atomic E-state index is 0.110. The maximum Gasteiger partial charge on any atom is 0.242 e. The van der Waals surface area contributed by atoms with Crippen molar-refractivity contribution in [2.24, 2.45) is 11.7 Å². The largest absolute Gasteiger partial charge is 0.394 e. The van der Waals surface area contributed by atoms with Crippen LogP contribution in [0.4, 0.5) is 0 Å². The first-order valence-electron chi connectivity index (χ1n) is 5.81. The van der Waals surface area contributed by atoms with Gasteiger partial charge in [0.2, 0.25) is 11.8 Å². The van der Waals surface area contributed by atoms with E-state index in [1.165, 1.54) is 0 Å². The number of aliphatic hydroxyl groups is 1. The topological polar surface area (TPSA) is 104 Å². The van der Waals surface area contributed by atoms with Crippen LogP contribution in [0.3, 0.4) is 0 Å². The van der Waals surface area contributed by atoms with E-state index >= 15 is 0 Å². The predicted octanol–water partition coefficient (Wildman–Crippen LogP) is -1.03. The van der Waals surface area contributed by atoms with Crippen LogP contribution in [0.1, 0.15) is 27.2 Å². The lowest BCUT2D eigenvalue weighted by Gasteiger charge is -2.21. The van der Waals surface area contributed by atoms with Crippen LogP contribution in [0.25, 0.3) is 0 Å². The lowest BCUT2D eigenvalue weighted by atomic mass is 10.0. The Morgan fingerprint density at radius 1 is 1.24 bits per heavy atom. The minimum Gasteiger partial charge on any atom is -0.394 e. The van der Waals surface area contributed by atoms with Crippen molar-refractivity contribution in [2.45, 2.75) is 39.3 Å². The first-order valence-corrected chi connectivity index (χ1v) is 5.81. The van der Waals surface area contributed by atoms with Gasteiger partial charge >= 0.3 is 0 Å². The Labute approximate surface area is 102 Å². The van der Waals surface area contributed by atoms with E-state index in [0.717, 1.165) is 0 Å². The van der Waals surface area contributed by atoms with Crippen LogP contribution in [-0.4, -0.2) is 42.2 Å². The number of carbonyl (C=O) groups is 2. The van der Waals surface area contributed by atoms with Crippen LogP contribution >= 0.6 is 0 Å². The first-order chi connectivity index (χ1) is 7.90. The van der Waals surface area contributed by atoms with Gasteiger partial charge in [0.1, 0.15) is 6.04 Å². The Hall–Kier alpha value is -1.14. The molecule has 6 heteroatoms. The molecule has 6 nitrogen and oxygen atoms in total. The molecule has 0 radical (unpaired) electrons. The van der Waals surface area contributed by atoms with Gasteiger partial charge in [0.05, 0.1) is 19.2 Å². The molecule has 0 bridgehead atoms. The molecule has 0 saturated heterocycles. The van der Waals surface area contributed by atoms with Crippen LogP contribution in [0.2, 0.25) is 0 Å². The highest BCUT2D eigenvalue weighted by molar-refractivity contribution is 5.88. The van der Waals surface area contributed by atoms with Crippen LogP contribution in [0, 0.1) is 5.92 Å². The van der Waals surface area contributed by atoms with Crippen molar-refractivity contribution in [3.05, 3.63) is 0 Å². The third kappa shape index (κ3) is 6.91. The fraction of sp³-hybridized carbons (Fsp3) is 0.818. The summed E-state index contributed by atoms with van der Waals surface area (Å²) in [6.07, 6.45) is 0.694. The summed E-state index contributed by atoms with van der Waals surface area (Å²) in [6.45, 7) is 5.34. The Morgan fingerprint density at radius 2 is 1.82 bits per heavy atom. The highest BCUT2D eigenvalue weighted by Gasteiger charge is 2.18. The van der Waals surface area contributed by atoms with Crippen molar-refractivity contribution >= 4 is 11.8 Å². The van der Waals surface area contributed by atoms with Gasteiger partial charge in [-0.15, -0.1) is 0 Å². The Morgan fingerprint density at radius 3 is 2.24 bits per heavy atom. The quantitative estimate of drug-likeness (QED) is 0.460. The fourth-order valence-electron chi connectivity index (χ4n) is 1.44. The zero-order valence-corrected chi connectivity index (χ0v) is 10.7.